The van der Waals surface area contributed by atoms with Crippen molar-refractivity contribution in [1.82, 2.24) is 25.5 Å². The van der Waals surface area contributed by atoms with Crippen molar-refractivity contribution in [3.8, 4) is 0 Å². The second kappa shape index (κ2) is 5.63. The van der Waals surface area contributed by atoms with E-state index in [-0.39, 0.29) is 5.54 Å². The molecule has 6 heteroatoms. The van der Waals surface area contributed by atoms with Gasteiger partial charge in [-0.1, -0.05) is 25.6 Å². The summed E-state index contributed by atoms with van der Waals surface area (Å²) in [6, 6.07) is 0. The predicted molar refractivity (Wildman–Crippen MR) is 66.6 cm³/mol. The van der Waals surface area contributed by atoms with Gasteiger partial charge < -0.3 is 5.32 Å². The fourth-order valence-corrected chi connectivity index (χ4v) is 1.92. The third kappa shape index (κ3) is 4.94. The highest BCUT2D eigenvalue weighted by Crippen LogP contribution is 2.18. The molecule has 0 aliphatic heterocycles. The summed E-state index contributed by atoms with van der Waals surface area (Å²) in [5.74, 6) is 0. The van der Waals surface area contributed by atoms with Crippen LogP contribution >= 0.6 is 11.8 Å². The first kappa shape index (κ1) is 13.4. The minimum absolute atomic E-state index is 0.138. The van der Waals surface area contributed by atoms with Crippen LogP contribution in [-0.4, -0.2) is 37.5 Å². The Morgan fingerprint density at radius 3 is 2.62 bits per heavy atom. The molecule has 0 unspecified atom stereocenters. The Bertz CT molecular complexity index is 315. The van der Waals surface area contributed by atoms with Gasteiger partial charge in [0.2, 0.25) is 5.16 Å². The summed E-state index contributed by atoms with van der Waals surface area (Å²) in [6.45, 7) is 12.4. The molecule has 0 saturated carbocycles. The highest BCUT2D eigenvalue weighted by molar-refractivity contribution is 7.99. The molecule has 0 radical (unpaired) electrons. The average molecular weight is 243 g/mol. The van der Waals surface area contributed by atoms with Crippen LogP contribution in [0.15, 0.2) is 5.16 Å². The van der Waals surface area contributed by atoms with Crippen molar-refractivity contribution in [2.45, 2.75) is 57.1 Å². The van der Waals surface area contributed by atoms with Crippen LogP contribution in [0, 0.1) is 0 Å². The molecule has 0 aromatic carbocycles. The van der Waals surface area contributed by atoms with Crippen molar-refractivity contribution in [2.75, 3.05) is 6.54 Å². The van der Waals surface area contributed by atoms with Gasteiger partial charge >= 0.3 is 0 Å². The summed E-state index contributed by atoms with van der Waals surface area (Å²) in [4.78, 5) is 0. The standard InChI is InChI=1S/C10H21N5S/c1-8(2)16-9-12-13-14-15(9)7-6-11-10(3,4)5/h8,11H,6-7H2,1-5H3. The van der Waals surface area contributed by atoms with Crippen molar-refractivity contribution < 1.29 is 0 Å². The lowest BCUT2D eigenvalue weighted by atomic mass is 10.1. The molecular weight excluding hydrogens is 222 g/mol. The van der Waals surface area contributed by atoms with Gasteiger partial charge in [0.15, 0.2) is 0 Å². The van der Waals surface area contributed by atoms with Crippen molar-refractivity contribution in [1.29, 1.82) is 0 Å². The van der Waals surface area contributed by atoms with Crippen LogP contribution in [-0.2, 0) is 6.54 Å². The molecule has 16 heavy (non-hydrogen) atoms. The maximum absolute atomic E-state index is 4.01. The zero-order chi connectivity index (χ0) is 12.2. The normalized spacial score (nSPS) is 12.4. The van der Waals surface area contributed by atoms with Gasteiger partial charge in [0, 0.05) is 17.3 Å². The summed E-state index contributed by atoms with van der Waals surface area (Å²) in [5, 5.41) is 16.5. The number of tetrazole rings is 1. The van der Waals surface area contributed by atoms with Gasteiger partial charge in [0.05, 0.1) is 6.54 Å². The summed E-state index contributed by atoms with van der Waals surface area (Å²) in [7, 11) is 0. The van der Waals surface area contributed by atoms with E-state index in [4.69, 9.17) is 0 Å². The molecule has 0 bridgehead atoms. The lowest BCUT2D eigenvalue weighted by Crippen LogP contribution is -2.38. The fraction of sp³-hybridized carbons (Fsp3) is 0.900. The average Bonchev–Trinajstić information content (AvgIpc) is 2.49. The zero-order valence-corrected chi connectivity index (χ0v) is 11.5. The molecule has 0 fully saturated rings. The number of hydrogen-bond acceptors (Lipinski definition) is 5. The zero-order valence-electron chi connectivity index (χ0n) is 10.7. The molecule has 1 aromatic rings. The molecular formula is C10H21N5S. The maximum Gasteiger partial charge on any atom is 0.209 e. The van der Waals surface area contributed by atoms with Gasteiger partial charge in [-0.05, 0) is 31.2 Å². The third-order valence-corrected chi connectivity index (χ3v) is 2.79. The summed E-state index contributed by atoms with van der Waals surface area (Å²) in [5.41, 5.74) is 0.138. The molecule has 1 heterocycles. The van der Waals surface area contributed by atoms with Gasteiger partial charge in [0.25, 0.3) is 0 Å². The van der Waals surface area contributed by atoms with Gasteiger partial charge in [-0.15, -0.1) is 5.10 Å². The van der Waals surface area contributed by atoms with E-state index in [0.29, 0.717) is 5.25 Å². The Hall–Kier alpha value is -0.620. The van der Waals surface area contributed by atoms with E-state index in [1.807, 2.05) is 4.68 Å². The van der Waals surface area contributed by atoms with Gasteiger partial charge in [-0.3, -0.25) is 0 Å². The Morgan fingerprint density at radius 1 is 1.38 bits per heavy atom. The largest absolute Gasteiger partial charge is 0.310 e. The number of nitrogens with zero attached hydrogens (tertiary/aromatic N) is 4. The first-order valence-electron chi connectivity index (χ1n) is 5.56. The van der Waals surface area contributed by atoms with E-state index in [0.717, 1.165) is 18.2 Å². The molecule has 1 rings (SSSR count). The minimum atomic E-state index is 0.138. The second-order valence-electron chi connectivity index (χ2n) is 5.03. The first-order chi connectivity index (χ1) is 7.38. The second-order valence-corrected chi connectivity index (χ2v) is 6.57. The molecule has 0 aliphatic rings. The smallest absolute Gasteiger partial charge is 0.209 e. The van der Waals surface area contributed by atoms with Crippen LogP contribution in [0.2, 0.25) is 0 Å². The number of hydrogen-bond donors (Lipinski definition) is 1. The number of thioether (sulfide) groups is 1. The van der Waals surface area contributed by atoms with Crippen LogP contribution in [0.4, 0.5) is 0 Å². The molecule has 1 aromatic heterocycles. The Kier molecular flexibility index (Phi) is 4.73. The molecule has 0 saturated heterocycles. The summed E-state index contributed by atoms with van der Waals surface area (Å²) < 4.78 is 1.85. The Labute approximate surface area is 101 Å². The van der Waals surface area contributed by atoms with Crippen molar-refractivity contribution in [3.63, 3.8) is 0 Å². The monoisotopic (exact) mass is 243 g/mol. The van der Waals surface area contributed by atoms with Crippen molar-refractivity contribution in [2.24, 2.45) is 0 Å². The predicted octanol–water partition coefficient (Wildman–Crippen LogP) is 1.56. The van der Waals surface area contributed by atoms with Crippen LogP contribution in [0.1, 0.15) is 34.6 Å². The molecule has 0 amide bonds. The van der Waals surface area contributed by atoms with E-state index >= 15 is 0 Å². The number of aromatic nitrogens is 4. The molecule has 5 nitrogen and oxygen atoms in total. The minimum Gasteiger partial charge on any atom is -0.310 e. The summed E-state index contributed by atoms with van der Waals surface area (Å²) >= 11 is 1.69. The molecule has 0 atom stereocenters. The van der Waals surface area contributed by atoms with Crippen molar-refractivity contribution in [3.05, 3.63) is 0 Å². The lowest BCUT2D eigenvalue weighted by molar-refractivity contribution is 0.396. The first-order valence-corrected chi connectivity index (χ1v) is 6.44. The van der Waals surface area contributed by atoms with Gasteiger partial charge in [-0.2, -0.15) is 0 Å². The highest BCUT2D eigenvalue weighted by atomic mass is 32.2. The Morgan fingerprint density at radius 2 is 2.06 bits per heavy atom. The van der Waals surface area contributed by atoms with Crippen molar-refractivity contribution >= 4 is 11.8 Å². The maximum atomic E-state index is 4.01. The lowest BCUT2D eigenvalue weighted by Gasteiger charge is -2.20. The molecule has 0 aliphatic carbocycles. The van der Waals surface area contributed by atoms with E-state index in [2.05, 4.69) is 55.5 Å². The molecule has 92 valence electrons. The van der Waals surface area contributed by atoms with Gasteiger partial charge in [0.1, 0.15) is 0 Å². The third-order valence-electron chi connectivity index (χ3n) is 1.82. The molecule has 0 spiro atoms. The number of nitrogens with one attached hydrogen (secondary N) is 1. The quantitative estimate of drug-likeness (QED) is 0.795. The molecule has 1 N–H and O–H groups in total. The van der Waals surface area contributed by atoms with Crippen LogP contribution in [0.5, 0.6) is 0 Å². The van der Waals surface area contributed by atoms with E-state index < -0.39 is 0 Å². The van der Waals surface area contributed by atoms with Crippen LogP contribution in [0.25, 0.3) is 0 Å². The number of rotatable bonds is 5. The topological polar surface area (TPSA) is 55.6 Å². The van der Waals surface area contributed by atoms with Crippen LogP contribution < -0.4 is 5.32 Å². The van der Waals surface area contributed by atoms with E-state index in [9.17, 15) is 0 Å². The van der Waals surface area contributed by atoms with E-state index in [1.54, 1.807) is 11.8 Å². The highest BCUT2D eigenvalue weighted by Gasteiger charge is 2.11. The van der Waals surface area contributed by atoms with Gasteiger partial charge in [-0.25, -0.2) is 4.68 Å². The Balaban J connectivity index is 2.45. The summed E-state index contributed by atoms with van der Waals surface area (Å²) in [6.07, 6.45) is 0. The SMILES string of the molecule is CC(C)Sc1nnnn1CCNC(C)(C)C. The van der Waals surface area contributed by atoms with E-state index in [1.165, 1.54) is 0 Å². The fourth-order valence-electron chi connectivity index (χ4n) is 1.17. The van der Waals surface area contributed by atoms with Crippen LogP contribution in [0.3, 0.4) is 0 Å².